The highest BCUT2D eigenvalue weighted by molar-refractivity contribution is 7.91. The number of sulfone groups is 1. The molecule has 2 aromatic carbocycles. The Morgan fingerprint density at radius 3 is 2.26 bits per heavy atom. The molecule has 0 radical (unpaired) electrons. The van der Waals surface area contributed by atoms with Crippen LogP contribution in [0.3, 0.4) is 0 Å². The monoisotopic (exact) mass is 323 g/mol. The lowest BCUT2D eigenvalue weighted by molar-refractivity contribution is 0.595. The maximum atomic E-state index is 12.9. The Morgan fingerprint density at radius 1 is 0.870 bits per heavy atom. The third-order valence-corrected chi connectivity index (χ3v) is 5.68. The van der Waals surface area contributed by atoms with E-state index in [1.807, 2.05) is 56.3 Å². The number of nitrogens with zero attached hydrogens (tertiary/aromatic N) is 1. The Bertz CT molecular complexity index is 931. The molecule has 0 N–H and O–H groups in total. The number of rotatable bonds is 3. The summed E-state index contributed by atoms with van der Waals surface area (Å²) < 4.78 is 25.9. The molecular formula is C19H17NO2S. The van der Waals surface area contributed by atoms with Crippen molar-refractivity contribution in [3.63, 3.8) is 0 Å². The van der Waals surface area contributed by atoms with Gasteiger partial charge >= 0.3 is 0 Å². The van der Waals surface area contributed by atoms with Gasteiger partial charge in [0.25, 0.3) is 0 Å². The fourth-order valence-electron chi connectivity index (χ4n) is 2.43. The fourth-order valence-corrected chi connectivity index (χ4v) is 3.95. The lowest BCUT2D eigenvalue weighted by Crippen LogP contribution is -2.04. The molecule has 0 aliphatic carbocycles. The summed E-state index contributed by atoms with van der Waals surface area (Å²) in [5.74, 6) is 0. The van der Waals surface area contributed by atoms with Gasteiger partial charge in [-0.05, 0) is 49.7 Å². The molecule has 1 heterocycles. The topological polar surface area (TPSA) is 47.0 Å². The minimum Gasteiger partial charge on any atom is -0.256 e. The number of aromatic nitrogens is 1. The van der Waals surface area contributed by atoms with Crippen LogP contribution in [0.25, 0.3) is 11.3 Å². The molecule has 0 bridgehead atoms. The van der Waals surface area contributed by atoms with Crippen molar-refractivity contribution in [2.24, 2.45) is 0 Å². The average molecular weight is 323 g/mol. The first-order valence-electron chi connectivity index (χ1n) is 7.32. The van der Waals surface area contributed by atoms with Crippen molar-refractivity contribution >= 4 is 9.84 Å². The molecule has 3 rings (SSSR count). The zero-order valence-corrected chi connectivity index (χ0v) is 13.8. The smallest absolute Gasteiger partial charge is 0.206 e. The summed E-state index contributed by atoms with van der Waals surface area (Å²) in [6.45, 7) is 3.74. The van der Waals surface area contributed by atoms with E-state index in [-0.39, 0.29) is 0 Å². The summed E-state index contributed by atoms with van der Waals surface area (Å²) in [7, 11) is -3.54. The molecule has 0 aliphatic heterocycles. The zero-order valence-electron chi connectivity index (χ0n) is 13.0. The van der Waals surface area contributed by atoms with Crippen molar-refractivity contribution in [3.05, 3.63) is 78.0 Å². The largest absolute Gasteiger partial charge is 0.256 e. The summed E-state index contributed by atoms with van der Waals surface area (Å²) in [4.78, 5) is 4.92. The van der Waals surface area contributed by atoms with Crippen LogP contribution >= 0.6 is 0 Å². The van der Waals surface area contributed by atoms with Gasteiger partial charge in [0.15, 0.2) is 0 Å². The molecule has 116 valence electrons. The van der Waals surface area contributed by atoms with Crippen LogP contribution in [0.2, 0.25) is 0 Å². The molecule has 3 nitrogen and oxygen atoms in total. The van der Waals surface area contributed by atoms with E-state index in [4.69, 9.17) is 0 Å². The summed E-state index contributed by atoms with van der Waals surface area (Å²) in [6, 6.07) is 17.9. The lowest BCUT2D eigenvalue weighted by Gasteiger charge is -2.10. The summed E-state index contributed by atoms with van der Waals surface area (Å²) in [6.07, 6.45) is 1.70. The van der Waals surface area contributed by atoms with E-state index in [0.717, 1.165) is 22.4 Å². The van der Waals surface area contributed by atoms with Crippen molar-refractivity contribution in [3.8, 4) is 11.3 Å². The number of pyridine rings is 1. The van der Waals surface area contributed by atoms with Gasteiger partial charge < -0.3 is 0 Å². The van der Waals surface area contributed by atoms with E-state index < -0.39 is 9.84 Å². The molecule has 3 aromatic rings. The minimum atomic E-state index is -3.54. The second-order valence-electron chi connectivity index (χ2n) is 5.51. The van der Waals surface area contributed by atoms with Crippen LogP contribution in [-0.2, 0) is 9.84 Å². The van der Waals surface area contributed by atoms with Crippen LogP contribution < -0.4 is 0 Å². The Balaban J connectivity index is 2.14. The van der Waals surface area contributed by atoms with Crippen molar-refractivity contribution in [1.82, 2.24) is 4.98 Å². The van der Waals surface area contributed by atoms with Crippen LogP contribution in [0.4, 0.5) is 0 Å². The predicted octanol–water partition coefficient (Wildman–Crippen LogP) is 4.20. The van der Waals surface area contributed by atoms with Crippen molar-refractivity contribution in [2.75, 3.05) is 0 Å². The van der Waals surface area contributed by atoms with E-state index in [0.29, 0.717) is 9.79 Å². The van der Waals surface area contributed by atoms with E-state index in [9.17, 15) is 8.42 Å². The fraction of sp³-hybridized carbons (Fsp3) is 0.105. The van der Waals surface area contributed by atoms with Gasteiger partial charge in [0.1, 0.15) is 0 Å². The standard InChI is InChI=1S/C19H17NO2S/c1-14-6-10-17(11-7-14)23(21,22)19-13-16(9-8-15(19)2)18-5-3-4-12-20-18/h3-13H,1-2H3. The van der Waals surface area contributed by atoms with Crippen LogP contribution in [0.1, 0.15) is 11.1 Å². The number of benzene rings is 2. The summed E-state index contributed by atoms with van der Waals surface area (Å²) in [5.41, 5.74) is 3.31. The van der Waals surface area contributed by atoms with Gasteiger partial charge in [-0.25, -0.2) is 8.42 Å². The first-order chi connectivity index (χ1) is 11.0. The SMILES string of the molecule is Cc1ccc(S(=O)(=O)c2cc(-c3ccccn3)ccc2C)cc1. The highest BCUT2D eigenvalue weighted by atomic mass is 32.2. The second-order valence-corrected chi connectivity index (χ2v) is 7.43. The lowest BCUT2D eigenvalue weighted by atomic mass is 10.1. The highest BCUT2D eigenvalue weighted by Gasteiger charge is 2.20. The van der Waals surface area contributed by atoms with E-state index in [2.05, 4.69) is 4.98 Å². The first-order valence-corrected chi connectivity index (χ1v) is 8.80. The minimum absolute atomic E-state index is 0.310. The van der Waals surface area contributed by atoms with E-state index in [1.54, 1.807) is 24.4 Å². The second kappa shape index (κ2) is 5.97. The Morgan fingerprint density at radius 2 is 1.61 bits per heavy atom. The third kappa shape index (κ3) is 3.03. The number of aryl methyl sites for hydroxylation is 2. The number of hydrogen-bond donors (Lipinski definition) is 0. The maximum Gasteiger partial charge on any atom is 0.206 e. The van der Waals surface area contributed by atoms with E-state index in [1.165, 1.54) is 0 Å². The van der Waals surface area contributed by atoms with Gasteiger partial charge in [0.05, 0.1) is 15.5 Å². The molecule has 0 saturated carbocycles. The first kappa shape index (κ1) is 15.4. The van der Waals surface area contributed by atoms with Crippen molar-refractivity contribution < 1.29 is 8.42 Å². The van der Waals surface area contributed by atoms with Crippen molar-refractivity contribution in [1.29, 1.82) is 0 Å². The molecule has 1 aromatic heterocycles. The molecule has 0 aliphatic rings. The molecule has 0 atom stereocenters. The van der Waals surface area contributed by atoms with Gasteiger partial charge in [0.2, 0.25) is 9.84 Å². The Hall–Kier alpha value is -2.46. The maximum absolute atomic E-state index is 12.9. The number of hydrogen-bond acceptors (Lipinski definition) is 3. The molecular weight excluding hydrogens is 306 g/mol. The predicted molar refractivity (Wildman–Crippen MR) is 91.0 cm³/mol. The molecule has 0 spiro atoms. The normalized spacial score (nSPS) is 11.4. The molecule has 0 amide bonds. The van der Waals surface area contributed by atoms with E-state index >= 15 is 0 Å². The Labute approximate surface area is 136 Å². The summed E-state index contributed by atoms with van der Waals surface area (Å²) >= 11 is 0. The summed E-state index contributed by atoms with van der Waals surface area (Å²) in [5, 5.41) is 0. The zero-order chi connectivity index (χ0) is 16.4. The average Bonchev–Trinajstić information content (AvgIpc) is 2.56. The Kier molecular flexibility index (Phi) is 4.01. The van der Waals surface area contributed by atoms with Gasteiger partial charge in [0, 0.05) is 11.8 Å². The molecule has 0 unspecified atom stereocenters. The van der Waals surface area contributed by atoms with Crippen LogP contribution in [0.15, 0.2) is 76.7 Å². The van der Waals surface area contributed by atoms with Crippen molar-refractivity contribution in [2.45, 2.75) is 23.6 Å². The molecule has 0 fully saturated rings. The van der Waals surface area contributed by atoms with Gasteiger partial charge in [-0.15, -0.1) is 0 Å². The third-order valence-electron chi connectivity index (χ3n) is 3.77. The molecule has 0 saturated heterocycles. The highest BCUT2D eigenvalue weighted by Crippen LogP contribution is 2.28. The van der Waals surface area contributed by atoms with Gasteiger partial charge in [-0.1, -0.05) is 35.9 Å². The molecule has 23 heavy (non-hydrogen) atoms. The van der Waals surface area contributed by atoms with Gasteiger partial charge in [-0.3, -0.25) is 4.98 Å². The van der Waals surface area contributed by atoms with Crippen LogP contribution in [0.5, 0.6) is 0 Å². The molecule has 4 heteroatoms. The van der Waals surface area contributed by atoms with Crippen LogP contribution in [0, 0.1) is 13.8 Å². The van der Waals surface area contributed by atoms with Crippen LogP contribution in [-0.4, -0.2) is 13.4 Å². The van der Waals surface area contributed by atoms with Gasteiger partial charge in [-0.2, -0.15) is 0 Å². The quantitative estimate of drug-likeness (QED) is 0.726.